The van der Waals surface area contributed by atoms with Crippen LogP contribution in [0.1, 0.15) is 117 Å². The Bertz CT molecular complexity index is 1350. The van der Waals surface area contributed by atoms with Gasteiger partial charge in [-0.2, -0.15) is 4.63 Å². The number of unbranched alkanes of at least 4 members (excludes halogenated alkanes) is 10. The first-order valence-electron chi connectivity index (χ1n) is 16.0. The topological polar surface area (TPSA) is 120 Å². The van der Waals surface area contributed by atoms with Gasteiger partial charge in [0.05, 0.1) is 18.4 Å². The van der Waals surface area contributed by atoms with Gasteiger partial charge < -0.3 is 14.2 Å². The minimum Gasteiger partial charge on any atom is -0.496 e. The third-order valence-corrected chi connectivity index (χ3v) is 7.81. The molecule has 1 unspecified atom stereocenters. The van der Waals surface area contributed by atoms with Crippen LogP contribution in [0.5, 0.6) is 5.75 Å². The van der Waals surface area contributed by atoms with Gasteiger partial charge in [0.2, 0.25) is 0 Å². The van der Waals surface area contributed by atoms with Gasteiger partial charge in [-0.1, -0.05) is 104 Å². The molecule has 0 aliphatic rings. The molecule has 0 aliphatic carbocycles. The number of nitrogens with one attached hydrogen (secondary N) is 2. The van der Waals surface area contributed by atoms with Crippen molar-refractivity contribution in [1.29, 1.82) is 0 Å². The quantitative estimate of drug-likeness (QED) is 0.106. The van der Waals surface area contributed by atoms with Gasteiger partial charge in [0, 0.05) is 23.6 Å². The summed E-state index contributed by atoms with van der Waals surface area (Å²) in [5.74, 6) is 0.624. The van der Waals surface area contributed by atoms with Crippen molar-refractivity contribution >= 4 is 35.0 Å². The number of methoxy groups -OCH3 is 1. The number of fused-ring (bicyclic) bond motifs is 1. The molecule has 10 nitrogen and oxygen atoms in total. The van der Waals surface area contributed by atoms with Gasteiger partial charge in [0.25, 0.3) is 0 Å². The molecule has 244 valence electrons. The molecule has 2 heterocycles. The molecular weight excluding hydrogens is 582 g/mol. The Hall–Kier alpha value is -3.27. The largest absolute Gasteiger partial charge is 0.496 e. The molecule has 0 spiro atoms. The lowest BCUT2D eigenvalue weighted by Gasteiger charge is -2.16. The van der Waals surface area contributed by atoms with Gasteiger partial charge in [0.15, 0.2) is 11.5 Å². The lowest BCUT2D eigenvalue weighted by Crippen LogP contribution is -2.25. The number of amides is 1. The molecule has 0 saturated heterocycles. The number of nitrogens with zero attached hydrogens (tertiary/aromatic N) is 3. The van der Waals surface area contributed by atoms with Gasteiger partial charge >= 0.3 is 12.1 Å². The van der Waals surface area contributed by atoms with E-state index in [0.29, 0.717) is 39.9 Å². The normalized spacial score (nSPS) is 12.3. The number of rotatable bonds is 18. The average Bonchev–Trinajstić information content (AvgIpc) is 3.53. The second kappa shape index (κ2) is 17.3. The lowest BCUT2D eigenvalue weighted by atomic mass is 9.92. The summed E-state index contributed by atoms with van der Waals surface area (Å²) >= 11 is 6.57. The standard InChI is InChI=1S/C33H50ClN5O5/c1-7-8-9-10-11-12-13-14-15-16-17-18-27(40)43-22-23(2)44-32(41)35-24-19-20-25(26(21-24)42-6)30-36-31-28(34)29(33(3,4)5)37-39(31)38-30/h19-21,23,37H,7-18,22H2,1-6H3,(H,35,41). The number of carbonyl (C=O) groups excluding carboxylic acids is 2. The zero-order chi connectivity index (χ0) is 32.1. The summed E-state index contributed by atoms with van der Waals surface area (Å²) in [6, 6.07) is 5.11. The van der Waals surface area contributed by atoms with Crippen LogP contribution in [0.25, 0.3) is 17.0 Å². The number of aromatic amines is 1. The molecule has 0 bridgehead atoms. The van der Waals surface area contributed by atoms with E-state index in [1.54, 1.807) is 29.8 Å². The van der Waals surface area contributed by atoms with Crippen molar-refractivity contribution in [2.75, 3.05) is 19.0 Å². The number of esters is 1. The van der Waals surface area contributed by atoms with Gasteiger partial charge in [-0.05, 0) is 25.5 Å². The Morgan fingerprint density at radius 3 is 2.25 bits per heavy atom. The average molecular weight is 632 g/mol. The number of anilines is 1. The number of carbonyl (C=O) groups is 2. The molecule has 0 aliphatic heterocycles. The van der Waals surface area contributed by atoms with Crippen molar-refractivity contribution in [2.24, 2.45) is 0 Å². The van der Waals surface area contributed by atoms with Crippen LogP contribution in [0.15, 0.2) is 18.2 Å². The molecule has 1 amide bonds. The van der Waals surface area contributed by atoms with Crippen LogP contribution in [-0.2, 0) is 19.7 Å². The maximum atomic E-state index is 12.5. The fourth-order valence-corrected chi connectivity index (χ4v) is 5.39. The number of hydrogen-bond acceptors (Lipinski definition) is 7. The van der Waals surface area contributed by atoms with Crippen LogP contribution in [0.3, 0.4) is 0 Å². The zero-order valence-electron chi connectivity index (χ0n) is 27.3. The van der Waals surface area contributed by atoms with E-state index in [2.05, 4.69) is 48.2 Å². The maximum absolute atomic E-state index is 12.5. The molecule has 2 aromatic heterocycles. The smallest absolute Gasteiger partial charge is 0.412 e. The Kier molecular flexibility index (Phi) is 13.8. The number of aromatic nitrogens is 4. The summed E-state index contributed by atoms with van der Waals surface area (Å²) in [4.78, 5) is 29.2. The van der Waals surface area contributed by atoms with Crippen molar-refractivity contribution in [3.05, 3.63) is 28.9 Å². The van der Waals surface area contributed by atoms with Crippen LogP contribution >= 0.6 is 11.6 Å². The van der Waals surface area contributed by atoms with Crippen LogP contribution < -0.4 is 10.1 Å². The summed E-state index contributed by atoms with van der Waals surface area (Å²) in [5.41, 5.74) is 2.28. The minimum absolute atomic E-state index is 0.00513. The highest BCUT2D eigenvalue weighted by molar-refractivity contribution is 6.34. The maximum Gasteiger partial charge on any atom is 0.412 e. The molecule has 1 atom stereocenters. The molecule has 1 aromatic carbocycles. The molecule has 2 N–H and O–H groups in total. The van der Waals surface area contributed by atoms with E-state index in [0.717, 1.165) is 25.0 Å². The fourth-order valence-electron chi connectivity index (χ4n) is 4.94. The third kappa shape index (κ3) is 10.7. The molecule has 11 heteroatoms. The Labute approximate surface area is 266 Å². The van der Waals surface area contributed by atoms with Crippen molar-refractivity contribution in [1.82, 2.24) is 19.8 Å². The monoisotopic (exact) mass is 631 g/mol. The third-order valence-electron chi connectivity index (χ3n) is 7.45. The molecule has 3 aromatic rings. The zero-order valence-corrected chi connectivity index (χ0v) is 28.0. The van der Waals surface area contributed by atoms with E-state index in [9.17, 15) is 9.59 Å². The molecule has 0 saturated carbocycles. The Morgan fingerprint density at radius 2 is 1.66 bits per heavy atom. The van der Waals surface area contributed by atoms with E-state index >= 15 is 0 Å². The second-order valence-corrected chi connectivity index (χ2v) is 12.8. The van der Waals surface area contributed by atoms with Gasteiger partial charge in [0.1, 0.15) is 23.5 Å². The van der Waals surface area contributed by atoms with E-state index in [1.165, 1.54) is 58.5 Å². The molecular formula is C33H50ClN5O5. The number of H-pyrrole nitrogens is 1. The highest BCUT2D eigenvalue weighted by Gasteiger charge is 2.25. The van der Waals surface area contributed by atoms with Crippen LogP contribution in [0, 0.1) is 0 Å². The van der Waals surface area contributed by atoms with E-state index in [-0.39, 0.29) is 18.0 Å². The summed E-state index contributed by atoms with van der Waals surface area (Å²) in [6.45, 7) is 10.1. The van der Waals surface area contributed by atoms with Crippen molar-refractivity contribution in [3.63, 3.8) is 0 Å². The molecule has 0 radical (unpaired) electrons. The first-order chi connectivity index (χ1) is 21.0. The fraction of sp³-hybridized carbons (Fsp3) is 0.636. The molecule has 0 fully saturated rings. The second-order valence-electron chi connectivity index (χ2n) is 12.4. The predicted octanol–water partition coefficient (Wildman–Crippen LogP) is 8.87. The van der Waals surface area contributed by atoms with Crippen LogP contribution in [-0.4, -0.2) is 51.7 Å². The Balaban J connectivity index is 1.38. The minimum atomic E-state index is -0.663. The number of hydrogen-bond donors (Lipinski definition) is 2. The predicted molar refractivity (Wildman–Crippen MR) is 175 cm³/mol. The summed E-state index contributed by atoms with van der Waals surface area (Å²) in [5, 5.41) is 10.9. The van der Waals surface area contributed by atoms with Crippen molar-refractivity contribution in [2.45, 2.75) is 123 Å². The lowest BCUT2D eigenvalue weighted by molar-refractivity contribution is -0.146. The summed E-state index contributed by atoms with van der Waals surface area (Å²) in [7, 11) is 1.53. The highest BCUT2D eigenvalue weighted by atomic mass is 35.5. The first kappa shape index (κ1) is 35.2. The number of halogens is 1. The van der Waals surface area contributed by atoms with E-state index < -0.39 is 12.2 Å². The Morgan fingerprint density at radius 1 is 1.02 bits per heavy atom. The van der Waals surface area contributed by atoms with Crippen molar-refractivity contribution in [3.8, 4) is 17.1 Å². The van der Waals surface area contributed by atoms with Gasteiger partial charge in [-0.25, -0.2) is 9.78 Å². The first-order valence-corrected chi connectivity index (χ1v) is 16.4. The summed E-state index contributed by atoms with van der Waals surface area (Å²) < 4.78 is 17.8. The van der Waals surface area contributed by atoms with E-state index in [4.69, 9.17) is 25.8 Å². The SMILES string of the molecule is CCCCCCCCCCCCCC(=O)OCC(C)OC(=O)Nc1ccc(-c2nc3c(Cl)c(C(C)(C)C)[nH]n3n2)c(OC)c1. The summed E-state index contributed by atoms with van der Waals surface area (Å²) in [6.07, 6.45) is 12.6. The van der Waals surface area contributed by atoms with Crippen molar-refractivity contribution < 1.29 is 23.8 Å². The van der Waals surface area contributed by atoms with Crippen LogP contribution in [0.4, 0.5) is 10.5 Å². The van der Waals surface area contributed by atoms with Gasteiger partial charge in [-0.15, -0.1) is 5.10 Å². The highest BCUT2D eigenvalue weighted by Crippen LogP contribution is 2.34. The van der Waals surface area contributed by atoms with E-state index in [1.807, 2.05) is 0 Å². The number of benzene rings is 1. The molecule has 44 heavy (non-hydrogen) atoms. The number of ether oxygens (including phenoxy) is 3. The van der Waals surface area contributed by atoms with Gasteiger partial charge in [-0.3, -0.25) is 15.2 Å². The molecule has 3 rings (SSSR count). The van der Waals surface area contributed by atoms with Crippen LogP contribution in [0.2, 0.25) is 5.02 Å².